The zero-order chi connectivity index (χ0) is 17.9. The van der Waals surface area contributed by atoms with E-state index in [-0.39, 0.29) is 0 Å². The first-order chi connectivity index (χ1) is 12.7. The highest BCUT2D eigenvalue weighted by Gasteiger charge is 2.14. The van der Waals surface area contributed by atoms with Crippen molar-refractivity contribution in [3.8, 4) is 20.2 Å². The van der Waals surface area contributed by atoms with Crippen LogP contribution in [-0.2, 0) is 6.42 Å². The van der Waals surface area contributed by atoms with E-state index in [9.17, 15) is 0 Å². The lowest BCUT2D eigenvalue weighted by Gasteiger charge is -2.05. The first-order valence-corrected chi connectivity index (χ1v) is 10.8. The van der Waals surface area contributed by atoms with E-state index in [4.69, 9.17) is 12.2 Å². The molecule has 0 spiro atoms. The molecule has 2 aromatic heterocycles. The molecule has 1 nitrogen and oxygen atoms in total. The van der Waals surface area contributed by atoms with Crippen molar-refractivity contribution in [3.05, 3.63) is 65.1 Å². The molecule has 4 rings (SSSR count). The number of benzene rings is 1. The normalized spacial score (nSPS) is 13.9. The van der Waals surface area contributed by atoms with Crippen LogP contribution in [0.2, 0.25) is 0 Å². The van der Waals surface area contributed by atoms with Gasteiger partial charge in [0.2, 0.25) is 0 Å². The van der Waals surface area contributed by atoms with Gasteiger partial charge in [0.1, 0.15) is 0 Å². The van der Waals surface area contributed by atoms with Gasteiger partial charge in [0.15, 0.2) is 0 Å². The second-order valence-electron chi connectivity index (χ2n) is 6.65. The number of rotatable bonds is 5. The average molecular weight is 394 g/mol. The third-order valence-corrected chi connectivity index (χ3v) is 7.28. The Bertz CT molecular complexity index is 994. The molecule has 0 unspecified atom stereocenters. The van der Waals surface area contributed by atoms with Gasteiger partial charge in [0, 0.05) is 19.5 Å². The number of thiocarbonyl (C=S) groups is 1. The van der Waals surface area contributed by atoms with Crippen molar-refractivity contribution in [3.63, 3.8) is 0 Å². The molecule has 26 heavy (non-hydrogen) atoms. The average Bonchev–Trinajstić information content (AvgIpc) is 3.38. The van der Waals surface area contributed by atoms with Gasteiger partial charge in [0.05, 0.1) is 10.8 Å². The van der Waals surface area contributed by atoms with E-state index < -0.39 is 0 Å². The molecule has 0 saturated carbocycles. The third kappa shape index (κ3) is 3.79. The SMILES string of the molecule is Cc1cc(-c2ccc(-c3ccc(CC4CC=CC4)s3)s2)ccc1N=C=S. The highest BCUT2D eigenvalue weighted by atomic mass is 32.1. The summed E-state index contributed by atoms with van der Waals surface area (Å²) in [5.41, 5.74) is 3.25. The Hall–Kier alpha value is -1.84. The third-order valence-electron chi connectivity index (χ3n) is 4.75. The number of hydrogen-bond donors (Lipinski definition) is 0. The molecule has 0 amide bonds. The zero-order valence-electron chi connectivity index (χ0n) is 14.6. The fraction of sp³-hybridized carbons (Fsp3) is 0.227. The van der Waals surface area contributed by atoms with Gasteiger partial charge in [0.25, 0.3) is 0 Å². The van der Waals surface area contributed by atoms with E-state index in [2.05, 4.69) is 65.6 Å². The van der Waals surface area contributed by atoms with Crippen LogP contribution in [0, 0.1) is 12.8 Å². The lowest BCUT2D eigenvalue weighted by atomic mass is 10.0. The minimum Gasteiger partial charge on any atom is -0.194 e. The summed E-state index contributed by atoms with van der Waals surface area (Å²) in [7, 11) is 0. The van der Waals surface area contributed by atoms with Gasteiger partial charge in [-0.2, -0.15) is 4.99 Å². The molecule has 1 aliphatic rings. The summed E-state index contributed by atoms with van der Waals surface area (Å²) in [6, 6.07) is 15.3. The van der Waals surface area contributed by atoms with E-state index >= 15 is 0 Å². The number of aliphatic imine (C=N–C) groups is 1. The second-order valence-corrected chi connectivity index (χ2v) is 9.08. The minimum atomic E-state index is 0.803. The van der Waals surface area contributed by atoms with Crippen LogP contribution in [0.15, 0.2) is 59.6 Å². The Morgan fingerprint density at radius 2 is 1.73 bits per heavy atom. The summed E-state index contributed by atoms with van der Waals surface area (Å²) in [6.07, 6.45) is 8.31. The molecule has 1 aromatic carbocycles. The monoisotopic (exact) mass is 393 g/mol. The number of nitrogens with zero attached hydrogens (tertiary/aromatic N) is 1. The van der Waals surface area contributed by atoms with Gasteiger partial charge < -0.3 is 0 Å². The Labute approximate surface area is 167 Å². The molecule has 0 aliphatic heterocycles. The Balaban J connectivity index is 1.53. The maximum Gasteiger partial charge on any atom is 0.0769 e. The minimum absolute atomic E-state index is 0.803. The van der Waals surface area contributed by atoms with E-state index in [0.29, 0.717) is 0 Å². The largest absolute Gasteiger partial charge is 0.194 e. The summed E-state index contributed by atoms with van der Waals surface area (Å²) < 4.78 is 0. The van der Waals surface area contributed by atoms with Crippen LogP contribution in [0.1, 0.15) is 23.3 Å². The maximum absolute atomic E-state index is 4.71. The van der Waals surface area contributed by atoms with Crippen molar-refractivity contribution in [1.82, 2.24) is 0 Å². The molecule has 0 radical (unpaired) electrons. The fourth-order valence-corrected chi connectivity index (χ4v) is 5.67. The lowest BCUT2D eigenvalue weighted by molar-refractivity contribution is 0.572. The quantitative estimate of drug-likeness (QED) is 0.246. The summed E-state index contributed by atoms with van der Waals surface area (Å²) >= 11 is 8.50. The summed E-state index contributed by atoms with van der Waals surface area (Å²) in [5, 5.41) is 2.45. The first kappa shape index (κ1) is 17.6. The Kier molecular flexibility index (Phi) is 5.28. The predicted octanol–water partition coefficient (Wildman–Crippen LogP) is 7.70. The molecule has 130 valence electrons. The summed E-state index contributed by atoms with van der Waals surface area (Å²) in [5.74, 6) is 0.803. The molecule has 0 saturated heterocycles. The molecular formula is C22H19NS3. The first-order valence-electron chi connectivity index (χ1n) is 8.76. The number of aryl methyl sites for hydroxylation is 1. The summed E-state index contributed by atoms with van der Waals surface area (Å²) in [4.78, 5) is 9.62. The number of isothiocyanates is 1. The van der Waals surface area contributed by atoms with E-state index in [1.807, 2.05) is 28.7 Å². The van der Waals surface area contributed by atoms with Gasteiger partial charge in [-0.15, -0.1) is 22.7 Å². The highest BCUT2D eigenvalue weighted by Crippen LogP contribution is 2.39. The van der Waals surface area contributed by atoms with Gasteiger partial charge in [-0.1, -0.05) is 18.2 Å². The molecule has 1 aliphatic carbocycles. The van der Waals surface area contributed by atoms with Gasteiger partial charge in [-0.25, -0.2) is 0 Å². The smallest absolute Gasteiger partial charge is 0.0769 e. The van der Waals surface area contributed by atoms with Crippen LogP contribution in [0.5, 0.6) is 0 Å². The fourth-order valence-electron chi connectivity index (χ4n) is 3.35. The van der Waals surface area contributed by atoms with Crippen molar-refractivity contribution in [2.45, 2.75) is 26.2 Å². The van der Waals surface area contributed by atoms with Crippen LogP contribution >= 0.6 is 34.9 Å². The zero-order valence-corrected chi connectivity index (χ0v) is 17.0. The Morgan fingerprint density at radius 3 is 2.50 bits per heavy atom. The van der Waals surface area contributed by atoms with Crippen LogP contribution < -0.4 is 0 Å². The molecule has 0 fully saturated rings. The van der Waals surface area contributed by atoms with Crippen LogP contribution in [0.3, 0.4) is 0 Å². The van der Waals surface area contributed by atoms with Crippen molar-refractivity contribution in [2.75, 3.05) is 0 Å². The van der Waals surface area contributed by atoms with Gasteiger partial charge in [-0.05, 0) is 91.8 Å². The van der Waals surface area contributed by atoms with Crippen molar-refractivity contribution in [1.29, 1.82) is 0 Å². The Morgan fingerprint density at radius 1 is 1.00 bits per heavy atom. The lowest BCUT2D eigenvalue weighted by Crippen LogP contribution is -1.96. The van der Waals surface area contributed by atoms with Crippen LogP contribution in [-0.4, -0.2) is 5.16 Å². The number of thiophene rings is 2. The van der Waals surface area contributed by atoms with Gasteiger partial charge in [-0.3, -0.25) is 0 Å². The second kappa shape index (κ2) is 7.81. The molecule has 4 heteroatoms. The molecule has 0 N–H and O–H groups in total. The van der Waals surface area contributed by atoms with E-state index in [0.717, 1.165) is 17.2 Å². The van der Waals surface area contributed by atoms with E-state index in [1.54, 1.807) is 0 Å². The molecule has 0 atom stereocenters. The van der Waals surface area contributed by atoms with Crippen molar-refractivity contribution < 1.29 is 0 Å². The van der Waals surface area contributed by atoms with E-state index in [1.165, 1.54) is 44.3 Å². The van der Waals surface area contributed by atoms with Crippen LogP contribution in [0.25, 0.3) is 20.2 Å². The van der Waals surface area contributed by atoms with Crippen LogP contribution in [0.4, 0.5) is 5.69 Å². The molecule has 3 aromatic rings. The predicted molar refractivity (Wildman–Crippen MR) is 118 cm³/mol. The molecular weight excluding hydrogens is 374 g/mol. The standard InChI is InChI=1S/C22H19NS3/c1-15-12-17(6-8-19(15)23-14-24)20-10-11-22(26-20)21-9-7-18(25-21)13-16-4-2-3-5-16/h2-3,6-12,16H,4-5,13H2,1H3. The summed E-state index contributed by atoms with van der Waals surface area (Å²) in [6.45, 7) is 2.06. The number of hydrogen-bond acceptors (Lipinski definition) is 4. The van der Waals surface area contributed by atoms with Gasteiger partial charge >= 0.3 is 0 Å². The van der Waals surface area contributed by atoms with Crippen molar-refractivity contribution in [2.24, 2.45) is 10.9 Å². The molecule has 0 bridgehead atoms. The highest BCUT2D eigenvalue weighted by molar-refractivity contribution is 7.78. The number of allylic oxidation sites excluding steroid dienone is 2. The maximum atomic E-state index is 4.71. The molecule has 2 heterocycles. The topological polar surface area (TPSA) is 12.4 Å². The van der Waals surface area contributed by atoms with Crippen molar-refractivity contribution >= 4 is 45.7 Å².